The fraction of sp³-hybridized carbons (Fsp3) is 0.333. The lowest BCUT2D eigenvalue weighted by Crippen LogP contribution is -2.05. The molecule has 0 aliphatic carbocycles. The van der Waals surface area contributed by atoms with Crippen molar-refractivity contribution in [1.82, 2.24) is 9.78 Å². The van der Waals surface area contributed by atoms with Crippen molar-refractivity contribution in [1.29, 1.82) is 0 Å². The molecule has 0 spiro atoms. The molecular weight excluding hydrogens is 308 g/mol. The Morgan fingerprint density at radius 1 is 1.77 bits per heavy atom. The van der Waals surface area contributed by atoms with Gasteiger partial charge in [0.1, 0.15) is 0 Å². The van der Waals surface area contributed by atoms with Crippen molar-refractivity contribution in [2.24, 2.45) is 0 Å². The van der Waals surface area contributed by atoms with Crippen LogP contribution in [0.2, 0.25) is 0 Å². The van der Waals surface area contributed by atoms with Gasteiger partial charge in [0.15, 0.2) is 5.82 Å². The van der Waals surface area contributed by atoms with E-state index in [0.29, 0.717) is 12.4 Å². The zero-order valence-corrected chi connectivity index (χ0v) is 9.58. The highest BCUT2D eigenvalue weighted by Gasteiger charge is 2.03. The topological polar surface area (TPSA) is 81.1 Å². The molecular formula is C6H9ClIN3O2. The average molecular weight is 318 g/mol. The van der Waals surface area contributed by atoms with E-state index < -0.39 is 5.97 Å². The van der Waals surface area contributed by atoms with Crippen LogP contribution in [0.1, 0.15) is 6.42 Å². The molecule has 0 aliphatic heterocycles. The summed E-state index contributed by atoms with van der Waals surface area (Å²) in [7, 11) is 0. The summed E-state index contributed by atoms with van der Waals surface area (Å²) in [6.07, 6.45) is 1.79. The van der Waals surface area contributed by atoms with E-state index in [2.05, 4.69) is 5.10 Å². The number of hydrogen-bond acceptors (Lipinski definition) is 3. The van der Waals surface area contributed by atoms with Crippen LogP contribution in [0.4, 0.5) is 5.82 Å². The van der Waals surface area contributed by atoms with Crippen LogP contribution in [0.3, 0.4) is 0 Å². The molecule has 0 aromatic carbocycles. The standard InChI is InChI=1S/C6H8IN3O2.ClH/c7-4-3-10(9-6(4)8)2-1-5(11)12;/h3H,1-2H2,(H2,8,9)(H,11,12);1H. The minimum Gasteiger partial charge on any atom is -0.481 e. The van der Waals surface area contributed by atoms with Crippen LogP contribution in [-0.4, -0.2) is 20.9 Å². The van der Waals surface area contributed by atoms with Gasteiger partial charge in [0.25, 0.3) is 0 Å². The van der Waals surface area contributed by atoms with Crippen molar-refractivity contribution in [3.05, 3.63) is 9.77 Å². The molecule has 13 heavy (non-hydrogen) atoms. The van der Waals surface area contributed by atoms with Crippen molar-refractivity contribution in [2.75, 3.05) is 5.73 Å². The van der Waals surface area contributed by atoms with Crippen molar-refractivity contribution in [3.63, 3.8) is 0 Å². The van der Waals surface area contributed by atoms with E-state index in [-0.39, 0.29) is 18.8 Å². The molecule has 0 aliphatic rings. The zero-order chi connectivity index (χ0) is 9.14. The first-order valence-electron chi connectivity index (χ1n) is 3.30. The maximum Gasteiger partial charge on any atom is 0.305 e. The summed E-state index contributed by atoms with van der Waals surface area (Å²) in [4.78, 5) is 10.2. The lowest BCUT2D eigenvalue weighted by Gasteiger charge is -1.95. The molecule has 1 heterocycles. The molecule has 0 radical (unpaired) electrons. The van der Waals surface area contributed by atoms with Gasteiger partial charge in [0.2, 0.25) is 0 Å². The summed E-state index contributed by atoms with van der Waals surface area (Å²) in [5.41, 5.74) is 5.46. The molecule has 0 atom stereocenters. The first-order chi connectivity index (χ1) is 5.59. The third-order valence-corrected chi connectivity index (χ3v) is 2.13. The Labute approximate surface area is 94.8 Å². The monoisotopic (exact) mass is 317 g/mol. The predicted molar refractivity (Wildman–Crippen MR) is 58.9 cm³/mol. The van der Waals surface area contributed by atoms with E-state index in [0.717, 1.165) is 3.57 Å². The van der Waals surface area contributed by atoms with E-state index in [4.69, 9.17) is 10.8 Å². The number of nitrogens with two attached hydrogens (primary N) is 1. The third kappa shape index (κ3) is 3.81. The van der Waals surface area contributed by atoms with Crippen molar-refractivity contribution in [3.8, 4) is 0 Å². The number of carboxylic acid groups (broad SMARTS) is 1. The van der Waals surface area contributed by atoms with Crippen LogP contribution in [0, 0.1) is 3.57 Å². The normalized spacial score (nSPS) is 9.31. The Morgan fingerprint density at radius 3 is 2.77 bits per heavy atom. The van der Waals surface area contributed by atoms with Gasteiger partial charge in [-0.1, -0.05) is 0 Å². The van der Waals surface area contributed by atoms with Crippen molar-refractivity contribution in [2.45, 2.75) is 13.0 Å². The molecule has 0 saturated carbocycles. The SMILES string of the molecule is Cl.Nc1nn(CCC(=O)O)cc1I. The predicted octanol–water partition coefficient (Wildman–Crippen LogP) is 0.966. The van der Waals surface area contributed by atoms with Gasteiger partial charge in [-0.3, -0.25) is 9.48 Å². The minimum atomic E-state index is -0.834. The maximum absolute atomic E-state index is 10.2. The average Bonchev–Trinajstić information content (AvgIpc) is 2.28. The molecule has 3 N–H and O–H groups in total. The molecule has 1 aromatic rings. The smallest absolute Gasteiger partial charge is 0.305 e. The van der Waals surface area contributed by atoms with Gasteiger partial charge in [-0.2, -0.15) is 5.10 Å². The quantitative estimate of drug-likeness (QED) is 0.814. The molecule has 7 heteroatoms. The molecule has 74 valence electrons. The fourth-order valence-electron chi connectivity index (χ4n) is 0.737. The summed E-state index contributed by atoms with van der Waals surface area (Å²) in [5.74, 6) is -0.389. The highest BCUT2D eigenvalue weighted by Crippen LogP contribution is 2.11. The molecule has 5 nitrogen and oxygen atoms in total. The van der Waals surface area contributed by atoms with Crippen LogP contribution in [0.5, 0.6) is 0 Å². The van der Waals surface area contributed by atoms with Gasteiger partial charge in [-0.15, -0.1) is 12.4 Å². The van der Waals surface area contributed by atoms with Crippen LogP contribution >= 0.6 is 35.0 Å². The first kappa shape index (κ1) is 12.5. The Bertz CT molecular complexity index is 283. The summed E-state index contributed by atoms with van der Waals surface area (Å²) < 4.78 is 2.38. The maximum atomic E-state index is 10.2. The molecule has 0 saturated heterocycles. The molecule has 0 unspecified atom stereocenters. The van der Waals surface area contributed by atoms with E-state index in [1.807, 2.05) is 22.6 Å². The Morgan fingerprint density at radius 2 is 2.38 bits per heavy atom. The number of aliphatic carboxylic acids is 1. The third-order valence-electron chi connectivity index (χ3n) is 1.30. The Hall–Kier alpha value is -0.500. The summed E-state index contributed by atoms with van der Waals surface area (Å²) >= 11 is 2.05. The van der Waals surface area contributed by atoms with Gasteiger partial charge in [-0.05, 0) is 22.6 Å². The van der Waals surface area contributed by atoms with Gasteiger partial charge in [0, 0.05) is 6.20 Å². The second kappa shape index (κ2) is 5.28. The molecule has 0 bridgehead atoms. The van der Waals surface area contributed by atoms with Gasteiger partial charge in [-0.25, -0.2) is 0 Å². The number of aryl methyl sites for hydroxylation is 1. The first-order valence-corrected chi connectivity index (χ1v) is 4.37. The second-order valence-electron chi connectivity index (χ2n) is 2.27. The largest absolute Gasteiger partial charge is 0.481 e. The molecule has 0 amide bonds. The number of nitrogen functional groups attached to an aromatic ring is 1. The van der Waals surface area contributed by atoms with E-state index >= 15 is 0 Å². The lowest BCUT2D eigenvalue weighted by molar-refractivity contribution is -0.137. The Balaban J connectivity index is 0.00000144. The summed E-state index contributed by atoms with van der Waals surface area (Å²) in [5, 5.41) is 12.3. The zero-order valence-electron chi connectivity index (χ0n) is 6.61. The number of anilines is 1. The number of aromatic nitrogens is 2. The molecule has 0 fully saturated rings. The van der Waals surface area contributed by atoms with Crippen molar-refractivity contribution >= 4 is 46.8 Å². The van der Waals surface area contributed by atoms with E-state index in [9.17, 15) is 4.79 Å². The number of rotatable bonds is 3. The molecule has 1 rings (SSSR count). The second-order valence-corrected chi connectivity index (χ2v) is 3.43. The highest BCUT2D eigenvalue weighted by atomic mass is 127. The lowest BCUT2D eigenvalue weighted by atomic mass is 10.4. The number of hydrogen-bond donors (Lipinski definition) is 2. The van der Waals surface area contributed by atoms with Crippen LogP contribution in [0.25, 0.3) is 0 Å². The summed E-state index contributed by atoms with van der Waals surface area (Å²) in [6, 6.07) is 0. The van der Waals surface area contributed by atoms with Crippen LogP contribution in [0.15, 0.2) is 6.20 Å². The van der Waals surface area contributed by atoms with Crippen LogP contribution < -0.4 is 5.73 Å². The summed E-state index contributed by atoms with van der Waals surface area (Å²) in [6.45, 7) is 0.364. The number of carbonyl (C=O) groups is 1. The Kier molecular flexibility index (Phi) is 5.07. The molecule has 1 aromatic heterocycles. The number of nitrogens with zero attached hydrogens (tertiary/aromatic N) is 2. The number of carboxylic acids is 1. The van der Waals surface area contributed by atoms with Gasteiger partial charge < -0.3 is 10.8 Å². The van der Waals surface area contributed by atoms with Crippen LogP contribution in [-0.2, 0) is 11.3 Å². The van der Waals surface area contributed by atoms with Crippen molar-refractivity contribution < 1.29 is 9.90 Å². The van der Waals surface area contributed by atoms with E-state index in [1.165, 1.54) is 4.68 Å². The number of halogens is 2. The highest BCUT2D eigenvalue weighted by molar-refractivity contribution is 14.1. The minimum absolute atomic E-state index is 0. The van der Waals surface area contributed by atoms with Gasteiger partial charge >= 0.3 is 5.97 Å². The van der Waals surface area contributed by atoms with Gasteiger partial charge in [0.05, 0.1) is 16.5 Å². The fourth-order valence-corrected chi connectivity index (χ4v) is 1.17. The van der Waals surface area contributed by atoms with E-state index in [1.54, 1.807) is 6.20 Å².